The van der Waals surface area contributed by atoms with Crippen molar-refractivity contribution < 1.29 is 0 Å². The summed E-state index contributed by atoms with van der Waals surface area (Å²) in [6.45, 7) is 9.46. The molecule has 0 bridgehead atoms. The van der Waals surface area contributed by atoms with E-state index in [2.05, 4.69) is 79.3 Å². The van der Waals surface area contributed by atoms with E-state index in [1.54, 1.807) is 0 Å². The van der Waals surface area contributed by atoms with Crippen molar-refractivity contribution in [1.82, 2.24) is 0 Å². The molecular weight excluding hydrogens is 298 g/mol. The highest BCUT2D eigenvalue weighted by Gasteiger charge is 2.05. The standard InChI is InChI=1S/C17H20BrN/c1-11-5-6-15(12(2)7-11)10-19-17-13(3)8-16(18)9-14(17)4/h5-9,19H,10H2,1-4H3. The molecule has 2 rings (SSSR count). The van der Waals surface area contributed by atoms with Crippen LogP contribution in [0.25, 0.3) is 0 Å². The average Bonchev–Trinajstić information content (AvgIpc) is 2.30. The quantitative estimate of drug-likeness (QED) is 0.810. The lowest BCUT2D eigenvalue weighted by Crippen LogP contribution is -2.04. The smallest absolute Gasteiger partial charge is 0.0403 e. The molecule has 2 aromatic rings. The summed E-state index contributed by atoms with van der Waals surface area (Å²) < 4.78 is 1.14. The van der Waals surface area contributed by atoms with Crippen LogP contribution in [0.2, 0.25) is 0 Å². The summed E-state index contributed by atoms with van der Waals surface area (Å²) in [5.41, 5.74) is 7.81. The molecule has 0 aliphatic rings. The summed E-state index contributed by atoms with van der Waals surface area (Å²) >= 11 is 3.53. The van der Waals surface area contributed by atoms with Crippen molar-refractivity contribution in [3.05, 3.63) is 62.6 Å². The molecule has 0 saturated carbocycles. The van der Waals surface area contributed by atoms with Crippen LogP contribution in [-0.2, 0) is 6.54 Å². The van der Waals surface area contributed by atoms with Crippen LogP contribution >= 0.6 is 15.9 Å². The first-order chi connectivity index (χ1) is 8.97. The Hall–Kier alpha value is -1.28. The molecule has 1 N–H and O–H groups in total. The summed E-state index contributed by atoms with van der Waals surface area (Å²) in [5.74, 6) is 0. The Morgan fingerprint density at radius 2 is 1.53 bits per heavy atom. The molecular formula is C17H20BrN. The van der Waals surface area contributed by atoms with E-state index < -0.39 is 0 Å². The maximum atomic E-state index is 3.56. The van der Waals surface area contributed by atoms with Crippen LogP contribution in [0, 0.1) is 27.7 Å². The second-order valence-electron chi connectivity index (χ2n) is 5.20. The predicted molar refractivity (Wildman–Crippen MR) is 86.9 cm³/mol. The van der Waals surface area contributed by atoms with Gasteiger partial charge < -0.3 is 5.32 Å². The van der Waals surface area contributed by atoms with Gasteiger partial charge in [-0.2, -0.15) is 0 Å². The number of benzene rings is 2. The first-order valence-corrected chi connectivity index (χ1v) is 7.33. The molecule has 0 spiro atoms. The van der Waals surface area contributed by atoms with Crippen molar-refractivity contribution in [2.45, 2.75) is 34.2 Å². The SMILES string of the molecule is Cc1ccc(CNc2c(C)cc(Br)cc2C)c(C)c1. The zero-order chi connectivity index (χ0) is 14.0. The number of nitrogens with one attached hydrogen (secondary N) is 1. The molecule has 0 aliphatic carbocycles. The Labute approximate surface area is 124 Å². The summed E-state index contributed by atoms with van der Waals surface area (Å²) in [7, 11) is 0. The molecule has 1 nitrogen and oxygen atoms in total. The predicted octanol–water partition coefficient (Wildman–Crippen LogP) is 5.29. The van der Waals surface area contributed by atoms with Gasteiger partial charge in [0.1, 0.15) is 0 Å². The van der Waals surface area contributed by atoms with Gasteiger partial charge in [0.05, 0.1) is 0 Å². The van der Waals surface area contributed by atoms with E-state index in [1.165, 1.54) is 33.5 Å². The Morgan fingerprint density at radius 3 is 2.11 bits per heavy atom. The number of hydrogen-bond acceptors (Lipinski definition) is 1. The van der Waals surface area contributed by atoms with Crippen molar-refractivity contribution in [2.24, 2.45) is 0 Å². The average molecular weight is 318 g/mol. The second kappa shape index (κ2) is 5.79. The Morgan fingerprint density at radius 1 is 0.895 bits per heavy atom. The van der Waals surface area contributed by atoms with Crippen LogP contribution in [0.3, 0.4) is 0 Å². The maximum Gasteiger partial charge on any atom is 0.0403 e. The number of hydrogen-bond donors (Lipinski definition) is 1. The molecule has 0 amide bonds. The van der Waals surface area contributed by atoms with Gasteiger partial charge in [0, 0.05) is 16.7 Å². The molecule has 19 heavy (non-hydrogen) atoms. The number of rotatable bonds is 3. The van der Waals surface area contributed by atoms with Gasteiger partial charge in [-0.1, -0.05) is 39.7 Å². The third kappa shape index (κ3) is 3.38. The van der Waals surface area contributed by atoms with Gasteiger partial charge in [-0.3, -0.25) is 0 Å². The molecule has 0 fully saturated rings. The Bertz CT molecular complexity index is 579. The summed E-state index contributed by atoms with van der Waals surface area (Å²) in [6, 6.07) is 10.9. The zero-order valence-electron chi connectivity index (χ0n) is 12.0. The van der Waals surface area contributed by atoms with Gasteiger partial charge >= 0.3 is 0 Å². The van der Waals surface area contributed by atoms with E-state index in [1.807, 2.05) is 0 Å². The molecule has 100 valence electrons. The highest BCUT2D eigenvalue weighted by molar-refractivity contribution is 9.10. The molecule has 2 heteroatoms. The van der Waals surface area contributed by atoms with Crippen LogP contribution in [0.15, 0.2) is 34.8 Å². The van der Waals surface area contributed by atoms with Crippen LogP contribution in [0.1, 0.15) is 27.8 Å². The fourth-order valence-corrected chi connectivity index (χ4v) is 3.10. The number of anilines is 1. The van der Waals surface area contributed by atoms with E-state index in [-0.39, 0.29) is 0 Å². The minimum Gasteiger partial charge on any atom is -0.381 e. The van der Waals surface area contributed by atoms with Gasteiger partial charge in [-0.05, 0) is 62.1 Å². The van der Waals surface area contributed by atoms with Crippen LogP contribution in [0.5, 0.6) is 0 Å². The molecule has 0 heterocycles. The Kier molecular flexibility index (Phi) is 4.31. The molecule has 0 aliphatic heterocycles. The largest absolute Gasteiger partial charge is 0.381 e. The molecule has 0 unspecified atom stereocenters. The second-order valence-corrected chi connectivity index (χ2v) is 6.11. The summed E-state index contributed by atoms with van der Waals surface area (Å²) in [6.07, 6.45) is 0. The summed E-state index contributed by atoms with van der Waals surface area (Å²) in [4.78, 5) is 0. The monoisotopic (exact) mass is 317 g/mol. The lowest BCUT2D eigenvalue weighted by Gasteiger charge is -2.15. The fraction of sp³-hybridized carbons (Fsp3) is 0.294. The third-order valence-corrected chi connectivity index (χ3v) is 3.91. The molecule has 0 atom stereocenters. The van der Waals surface area contributed by atoms with E-state index >= 15 is 0 Å². The number of aryl methyl sites for hydroxylation is 4. The van der Waals surface area contributed by atoms with Crippen LogP contribution < -0.4 is 5.32 Å². The van der Waals surface area contributed by atoms with Gasteiger partial charge in [0.2, 0.25) is 0 Å². The first kappa shape index (κ1) is 14.1. The summed E-state index contributed by atoms with van der Waals surface area (Å²) in [5, 5.41) is 3.56. The van der Waals surface area contributed by atoms with Gasteiger partial charge in [0.15, 0.2) is 0 Å². The van der Waals surface area contributed by atoms with Crippen molar-refractivity contribution in [2.75, 3.05) is 5.32 Å². The van der Waals surface area contributed by atoms with Crippen molar-refractivity contribution in [3.8, 4) is 0 Å². The van der Waals surface area contributed by atoms with E-state index in [9.17, 15) is 0 Å². The Balaban J connectivity index is 2.19. The maximum absolute atomic E-state index is 3.56. The zero-order valence-corrected chi connectivity index (χ0v) is 13.6. The van der Waals surface area contributed by atoms with E-state index in [0.29, 0.717) is 0 Å². The number of halogens is 1. The molecule has 0 radical (unpaired) electrons. The normalized spacial score (nSPS) is 10.6. The van der Waals surface area contributed by atoms with Crippen LogP contribution in [-0.4, -0.2) is 0 Å². The van der Waals surface area contributed by atoms with Crippen molar-refractivity contribution in [1.29, 1.82) is 0 Å². The van der Waals surface area contributed by atoms with Crippen LogP contribution in [0.4, 0.5) is 5.69 Å². The molecule has 2 aromatic carbocycles. The van der Waals surface area contributed by atoms with Crippen molar-refractivity contribution >= 4 is 21.6 Å². The van der Waals surface area contributed by atoms with Gasteiger partial charge in [-0.25, -0.2) is 0 Å². The minimum absolute atomic E-state index is 0.870. The fourth-order valence-electron chi connectivity index (χ4n) is 2.42. The highest BCUT2D eigenvalue weighted by Crippen LogP contribution is 2.26. The third-order valence-electron chi connectivity index (χ3n) is 3.45. The topological polar surface area (TPSA) is 12.0 Å². The first-order valence-electron chi connectivity index (χ1n) is 6.54. The van der Waals surface area contributed by atoms with Gasteiger partial charge in [0.25, 0.3) is 0 Å². The molecule has 0 aromatic heterocycles. The van der Waals surface area contributed by atoms with E-state index in [0.717, 1.165) is 11.0 Å². The van der Waals surface area contributed by atoms with Crippen molar-refractivity contribution in [3.63, 3.8) is 0 Å². The minimum atomic E-state index is 0.870. The molecule has 0 saturated heterocycles. The lowest BCUT2D eigenvalue weighted by molar-refractivity contribution is 1.10. The lowest BCUT2D eigenvalue weighted by atomic mass is 10.0. The van der Waals surface area contributed by atoms with Gasteiger partial charge in [-0.15, -0.1) is 0 Å². The highest BCUT2D eigenvalue weighted by atomic mass is 79.9. The van der Waals surface area contributed by atoms with E-state index in [4.69, 9.17) is 0 Å².